The monoisotopic (exact) mass is 236 g/mol. The van der Waals surface area contributed by atoms with E-state index < -0.39 is 11.9 Å². The third-order valence-electron chi connectivity index (χ3n) is 2.86. The van der Waals surface area contributed by atoms with Crippen molar-refractivity contribution in [3.8, 4) is 0 Å². The Morgan fingerprint density at radius 2 is 2.00 bits per heavy atom. The highest BCUT2D eigenvalue weighted by molar-refractivity contribution is 6.01. The minimum atomic E-state index is -1.27. The number of rotatable bonds is 3. The van der Waals surface area contributed by atoms with Gasteiger partial charge < -0.3 is 15.5 Å². The normalized spacial score (nSPS) is 19.2. The second-order valence-corrected chi connectivity index (χ2v) is 3.95. The van der Waals surface area contributed by atoms with Crippen molar-refractivity contribution in [2.24, 2.45) is 0 Å². The van der Waals surface area contributed by atoms with Gasteiger partial charge in [-0.15, -0.1) is 0 Å². The molecule has 0 spiro atoms. The molecular weight excluding hydrogens is 224 g/mol. The van der Waals surface area contributed by atoms with Gasteiger partial charge in [-0.25, -0.2) is 9.59 Å². The summed E-state index contributed by atoms with van der Waals surface area (Å²) in [6.45, 7) is 1.62. The third-order valence-corrected chi connectivity index (χ3v) is 2.86. The van der Waals surface area contributed by atoms with E-state index in [9.17, 15) is 9.59 Å². The molecule has 0 saturated carbocycles. The Balaban J connectivity index is 2.41. The molecule has 1 atom stereocenters. The highest BCUT2D eigenvalue weighted by Gasteiger charge is 2.22. The van der Waals surface area contributed by atoms with Gasteiger partial charge in [-0.1, -0.05) is 0 Å². The molecule has 0 aliphatic carbocycles. The molecule has 90 valence electrons. The first-order chi connectivity index (χ1) is 8.09. The minimum absolute atomic E-state index is 0.163. The van der Waals surface area contributed by atoms with Crippen LogP contribution < -0.4 is 5.32 Å². The average Bonchev–Trinajstić information content (AvgIpc) is 2.81. The van der Waals surface area contributed by atoms with Crippen LogP contribution in [0.1, 0.15) is 38.7 Å². The van der Waals surface area contributed by atoms with Gasteiger partial charge in [-0.3, -0.25) is 4.98 Å². The van der Waals surface area contributed by atoms with E-state index >= 15 is 0 Å². The number of nitrogens with one attached hydrogen (secondary N) is 1. The first-order valence-corrected chi connectivity index (χ1v) is 5.27. The summed E-state index contributed by atoms with van der Waals surface area (Å²) < 4.78 is 0. The summed E-state index contributed by atoms with van der Waals surface area (Å²) in [4.78, 5) is 25.9. The molecule has 2 rings (SSSR count). The molecule has 3 N–H and O–H groups in total. The van der Waals surface area contributed by atoms with Gasteiger partial charge in [0, 0.05) is 24.4 Å². The van der Waals surface area contributed by atoms with Crippen molar-refractivity contribution in [2.45, 2.75) is 12.3 Å². The molecule has 0 radical (unpaired) electrons. The lowest BCUT2D eigenvalue weighted by Gasteiger charge is -2.09. The van der Waals surface area contributed by atoms with E-state index in [0.29, 0.717) is 5.69 Å². The van der Waals surface area contributed by atoms with Gasteiger partial charge in [-0.05, 0) is 19.0 Å². The van der Waals surface area contributed by atoms with Crippen LogP contribution in [0.4, 0.5) is 0 Å². The Bertz CT molecular complexity index is 467. The lowest BCUT2D eigenvalue weighted by atomic mass is 10.0. The fraction of sp³-hybridized carbons (Fsp3) is 0.364. The SMILES string of the molecule is O=C(O)c1cnc(C2CCNC2)cc1C(=O)O. The molecule has 0 amide bonds. The molecule has 2 heterocycles. The van der Waals surface area contributed by atoms with Crippen LogP contribution in [0.25, 0.3) is 0 Å². The predicted molar refractivity (Wildman–Crippen MR) is 58.4 cm³/mol. The first kappa shape index (κ1) is 11.5. The van der Waals surface area contributed by atoms with E-state index in [1.807, 2.05) is 0 Å². The summed E-state index contributed by atoms with van der Waals surface area (Å²) in [7, 11) is 0. The lowest BCUT2D eigenvalue weighted by Crippen LogP contribution is -2.13. The molecule has 1 saturated heterocycles. The minimum Gasteiger partial charge on any atom is -0.478 e. The smallest absolute Gasteiger partial charge is 0.338 e. The van der Waals surface area contributed by atoms with E-state index in [1.165, 1.54) is 6.07 Å². The maximum absolute atomic E-state index is 11.0. The quantitative estimate of drug-likeness (QED) is 0.709. The number of carbonyl (C=O) groups is 2. The first-order valence-electron chi connectivity index (χ1n) is 5.27. The van der Waals surface area contributed by atoms with Crippen molar-refractivity contribution in [3.63, 3.8) is 0 Å². The summed E-state index contributed by atoms with van der Waals surface area (Å²) in [6.07, 6.45) is 2.01. The van der Waals surface area contributed by atoms with E-state index in [-0.39, 0.29) is 17.0 Å². The Hall–Kier alpha value is -1.95. The largest absolute Gasteiger partial charge is 0.478 e. The third kappa shape index (κ3) is 2.26. The molecule has 1 aromatic heterocycles. The fourth-order valence-corrected chi connectivity index (χ4v) is 1.95. The lowest BCUT2D eigenvalue weighted by molar-refractivity contribution is 0.0651. The van der Waals surface area contributed by atoms with Crippen LogP contribution in [-0.2, 0) is 0 Å². The molecule has 0 bridgehead atoms. The molecule has 1 aliphatic heterocycles. The molecule has 1 aliphatic rings. The van der Waals surface area contributed by atoms with Crippen molar-refractivity contribution < 1.29 is 19.8 Å². The molecule has 1 aromatic rings. The average molecular weight is 236 g/mol. The Morgan fingerprint density at radius 3 is 2.53 bits per heavy atom. The Kier molecular flexibility index (Phi) is 3.06. The summed E-state index contributed by atoms with van der Waals surface area (Å²) >= 11 is 0. The molecule has 6 heteroatoms. The van der Waals surface area contributed by atoms with Crippen LogP contribution in [0, 0.1) is 0 Å². The second kappa shape index (κ2) is 4.50. The van der Waals surface area contributed by atoms with Crippen LogP contribution in [0.5, 0.6) is 0 Å². The predicted octanol–water partition coefficient (Wildman–Crippen LogP) is 0.555. The number of hydrogen-bond acceptors (Lipinski definition) is 4. The Labute approximate surface area is 97.3 Å². The number of pyridine rings is 1. The standard InChI is InChI=1S/C11H12N2O4/c14-10(15)7-3-9(6-1-2-12-4-6)13-5-8(7)11(16)17/h3,5-6,12H,1-2,4H2,(H,14,15)(H,16,17). The number of aromatic carboxylic acids is 2. The number of aromatic nitrogens is 1. The van der Waals surface area contributed by atoms with Crippen LogP contribution >= 0.6 is 0 Å². The van der Waals surface area contributed by atoms with E-state index in [1.54, 1.807) is 0 Å². The maximum atomic E-state index is 11.0. The van der Waals surface area contributed by atoms with Crippen molar-refractivity contribution >= 4 is 11.9 Å². The highest BCUT2D eigenvalue weighted by Crippen LogP contribution is 2.22. The van der Waals surface area contributed by atoms with Crippen molar-refractivity contribution in [1.29, 1.82) is 0 Å². The zero-order valence-electron chi connectivity index (χ0n) is 9.01. The van der Waals surface area contributed by atoms with E-state index in [4.69, 9.17) is 10.2 Å². The number of carboxylic acids is 2. The molecular formula is C11H12N2O4. The zero-order chi connectivity index (χ0) is 12.4. The van der Waals surface area contributed by atoms with Gasteiger partial charge in [0.25, 0.3) is 0 Å². The molecule has 1 fully saturated rings. The van der Waals surface area contributed by atoms with Gasteiger partial charge in [0.15, 0.2) is 0 Å². The van der Waals surface area contributed by atoms with Crippen LogP contribution in [-0.4, -0.2) is 40.2 Å². The van der Waals surface area contributed by atoms with Crippen molar-refractivity contribution in [1.82, 2.24) is 10.3 Å². The van der Waals surface area contributed by atoms with E-state index in [2.05, 4.69) is 10.3 Å². The van der Waals surface area contributed by atoms with Crippen LogP contribution in [0.15, 0.2) is 12.3 Å². The van der Waals surface area contributed by atoms with Gasteiger partial charge in [-0.2, -0.15) is 0 Å². The van der Waals surface area contributed by atoms with Gasteiger partial charge in [0.2, 0.25) is 0 Å². The van der Waals surface area contributed by atoms with Crippen molar-refractivity contribution in [3.05, 3.63) is 29.1 Å². The number of carboxylic acid groups (broad SMARTS) is 2. The van der Waals surface area contributed by atoms with Gasteiger partial charge >= 0.3 is 11.9 Å². The molecule has 6 nitrogen and oxygen atoms in total. The van der Waals surface area contributed by atoms with Gasteiger partial charge in [0.1, 0.15) is 0 Å². The summed E-state index contributed by atoms with van der Waals surface area (Å²) in [5.74, 6) is -2.35. The van der Waals surface area contributed by atoms with Crippen molar-refractivity contribution in [2.75, 3.05) is 13.1 Å². The summed E-state index contributed by atoms with van der Waals surface area (Å²) in [5.41, 5.74) is 0.166. The van der Waals surface area contributed by atoms with Gasteiger partial charge in [0.05, 0.1) is 11.1 Å². The molecule has 0 aromatic carbocycles. The zero-order valence-corrected chi connectivity index (χ0v) is 9.01. The maximum Gasteiger partial charge on any atom is 0.338 e. The van der Waals surface area contributed by atoms with E-state index in [0.717, 1.165) is 25.7 Å². The van der Waals surface area contributed by atoms with Crippen LogP contribution in [0.3, 0.4) is 0 Å². The number of hydrogen-bond donors (Lipinski definition) is 3. The Morgan fingerprint density at radius 1 is 1.29 bits per heavy atom. The number of nitrogens with zero attached hydrogens (tertiary/aromatic N) is 1. The highest BCUT2D eigenvalue weighted by atomic mass is 16.4. The fourth-order valence-electron chi connectivity index (χ4n) is 1.95. The van der Waals surface area contributed by atoms with Crippen LogP contribution in [0.2, 0.25) is 0 Å². The molecule has 17 heavy (non-hydrogen) atoms. The summed E-state index contributed by atoms with van der Waals surface area (Å²) in [6, 6.07) is 1.36. The molecule has 1 unspecified atom stereocenters. The summed E-state index contributed by atoms with van der Waals surface area (Å²) in [5, 5.41) is 21.0. The topological polar surface area (TPSA) is 99.5 Å². The second-order valence-electron chi connectivity index (χ2n) is 3.95.